The Kier molecular flexibility index (Phi) is 4.58. The van der Waals surface area contributed by atoms with Crippen LogP contribution in [0.1, 0.15) is 37.7 Å². The molecule has 3 rings (SSSR count). The summed E-state index contributed by atoms with van der Waals surface area (Å²) in [6.45, 7) is 4.36. The number of nitrogens with one attached hydrogen (secondary N) is 1. The molecule has 0 radical (unpaired) electrons. The zero-order valence-corrected chi connectivity index (χ0v) is 14.4. The number of nitrogens with zero attached hydrogens (tertiary/aromatic N) is 3. The van der Waals surface area contributed by atoms with Gasteiger partial charge in [-0.2, -0.15) is 0 Å². The number of ether oxygens (including phenoxy) is 1. The Labute approximate surface area is 140 Å². The van der Waals surface area contributed by atoms with Crippen molar-refractivity contribution >= 4 is 17.5 Å². The molecule has 4 N–H and O–H groups in total. The summed E-state index contributed by atoms with van der Waals surface area (Å²) in [7, 11) is 1.67. The molecule has 0 saturated heterocycles. The Hall–Kier alpha value is -1.99. The number of aromatic nitrogens is 3. The van der Waals surface area contributed by atoms with Crippen molar-refractivity contribution in [1.82, 2.24) is 14.9 Å². The number of hydrogen-bond donors (Lipinski definition) is 2. The molecule has 7 heteroatoms. The summed E-state index contributed by atoms with van der Waals surface area (Å²) < 4.78 is 7.25. The minimum absolute atomic E-state index is 0.0963. The maximum absolute atomic E-state index is 5.30. The maximum Gasteiger partial charge on any atom is 0.214 e. The number of rotatable bonds is 5. The van der Waals surface area contributed by atoms with Gasteiger partial charge in [-0.3, -0.25) is 5.43 Å². The van der Waals surface area contributed by atoms with Gasteiger partial charge in [0.05, 0.1) is 12.8 Å². The summed E-state index contributed by atoms with van der Waals surface area (Å²) in [6.07, 6.45) is 1.06. The van der Waals surface area contributed by atoms with E-state index in [1.54, 1.807) is 18.9 Å². The lowest BCUT2D eigenvalue weighted by Crippen LogP contribution is -2.57. The highest BCUT2D eigenvalue weighted by atomic mass is 32.2. The third kappa shape index (κ3) is 3.07. The van der Waals surface area contributed by atoms with Gasteiger partial charge >= 0.3 is 0 Å². The Morgan fingerprint density at radius 3 is 2.96 bits per heavy atom. The highest BCUT2D eigenvalue weighted by Gasteiger charge is 2.27. The Balaban J connectivity index is 1.89. The molecule has 2 heterocycles. The van der Waals surface area contributed by atoms with Crippen molar-refractivity contribution in [2.45, 2.75) is 31.5 Å². The molecule has 6 nitrogen and oxygen atoms in total. The lowest BCUT2D eigenvalue weighted by Gasteiger charge is -2.21. The average Bonchev–Trinajstić information content (AvgIpc) is 3.03. The summed E-state index contributed by atoms with van der Waals surface area (Å²) in [5, 5.41) is 11.5. The molecular formula is C16H22N5OS+. The third-order valence-corrected chi connectivity index (χ3v) is 5.04. The van der Waals surface area contributed by atoms with Gasteiger partial charge in [-0.25, -0.2) is 4.68 Å². The molecule has 1 aromatic carbocycles. The van der Waals surface area contributed by atoms with E-state index in [4.69, 9.17) is 4.74 Å². The topological polar surface area (TPSA) is 79.6 Å². The summed E-state index contributed by atoms with van der Waals surface area (Å²) in [5.74, 6) is 2.15. The van der Waals surface area contributed by atoms with Crippen LogP contribution in [-0.2, 0) is 0 Å². The molecule has 1 aromatic heterocycles. The van der Waals surface area contributed by atoms with Crippen molar-refractivity contribution in [3.63, 3.8) is 0 Å². The molecule has 0 bridgehead atoms. The van der Waals surface area contributed by atoms with E-state index >= 15 is 0 Å². The van der Waals surface area contributed by atoms with Gasteiger partial charge in [-0.05, 0) is 18.6 Å². The van der Waals surface area contributed by atoms with E-state index in [1.165, 1.54) is 0 Å². The van der Waals surface area contributed by atoms with Crippen LogP contribution in [0.4, 0.5) is 0 Å². The predicted octanol–water partition coefficient (Wildman–Crippen LogP) is 2.26. The molecule has 0 spiro atoms. The fourth-order valence-corrected chi connectivity index (χ4v) is 3.17. The van der Waals surface area contributed by atoms with Crippen LogP contribution in [0.15, 0.2) is 34.8 Å². The van der Waals surface area contributed by atoms with Gasteiger partial charge in [-0.1, -0.05) is 37.7 Å². The average molecular weight is 332 g/mol. The van der Waals surface area contributed by atoms with Crippen molar-refractivity contribution < 1.29 is 10.5 Å². The Morgan fingerprint density at radius 1 is 1.39 bits per heavy atom. The Morgan fingerprint density at radius 2 is 2.22 bits per heavy atom. The van der Waals surface area contributed by atoms with Gasteiger partial charge < -0.3 is 10.5 Å². The summed E-state index contributed by atoms with van der Waals surface area (Å²) >= 11 is 1.56. The van der Waals surface area contributed by atoms with Crippen molar-refractivity contribution in [2.75, 3.05) is 12.5 Å². The number of benzene rings is 1. The van der Waals surface area contributed by atoms with Crippen LogP contribution in [0.25, 0.3) is 5.70 Å². The van der Waals surface area contributed by atoms with Gasteiger partial charge in [0.2, 0.25) is 11.0 Å². The largest absolute Gasteiger partial charge is 0.497 e. The van der Waals surface area contributed by atoms with Crippen LogP contribution in [-0.4, -0.2) is 22.0 Å². The van der Waals surface area contributed by atoms with Gasteiger partial charge in [0.1, 0.15) is 11.8 Å². The van der Waals surface area contributed by atoms with Crippen molar-refractivity contribution in [2.24, 2.45) is 5.92 Å². The van der Waals surface area contributed by atoms with E-state index in [0.717, 1.165) is 34.4 Å². The highest BCUT2D eigenvalue weighted by molar-refractivity contribution is 8.02. The normalized spacial score (nSPS) is 16.1. The molecule has 0 unspecified atom stereocenters. The summed E-state index contributed by atoms with van der Waals surface area (Å²) in [4.78, 5) is 0. The molecule has 0 amide bonds. The number of thioether (sulfide) groups is 1. The second-order valence-electron chi connectivity index (χ2n) is 5.66. The second-order valence-corrected chi connectivity index (χ2v) is 6.50. The fraction of sp³-hybridized carbons (Fsp3) is 0.375. The van der Waals surface area contributed by atoms with Crippen LogP contribution < -0.4 is 15.9 Å². The van der Waals surface area contributed by atoms with Gasteiger partial charge in [0.15, 0.2) is 0 Å². The Bertz CT molecular complexity index is 727. The SMILES string of the molecule is CC[C@H](C)[C@H]([NH3+])c1nnc2n1NC(c1cccc(OC)c1)=CS2. The first kappa shape index (κ1) is 15.9. The highest BCUT2D eigenvalue weighted by Crippen LogP contribution is 2.31. The molecule has 0 fully saturated rings. The molecule has 1 aliphatic rings. The standard InChI is InChI=1S/C16H21N5OS/c1-4-10(2)14(17)15-18-19-16-21(15)20-13(9-23-16)11-6-5-7-12(8-11)22-3/h5-10,14,20H,4,17H2,1-3H3/p+1/t10-,14-/m0/s1. The van der Waals surface area contributed by atoms with Crippen LogP contribution in [0.3, 0.4) is 0 Å². The van der Waals surface area contributed by atoms with E-state index in [0.29, 0.717) is 5.92 Å². The van der Waals surface area contributed by atoms with E-state index in [-0.39, 0.29) is 6.04 Å². The first-order valence-corrected chi connectivity index (χ1v) is 8.58. The van der Waals surface area contributed by atoms with Crippen LogP contribution in [0.5, 0.6) is 5.75 Å². The molecule has 0 aliphatic carbocycles. The van der Waals surface area contributed by atoms with Crippen molar-refractivity contribution in [3.8, 4) is 5.75 Å². The van der Waals surface area contributed by atoms with Crippen LogP contribution in [0.2, 0.25) is 0 Å². The second kappa shape index (κ2) is 6.64. The molecular weight excluding hydrogens is 310 g/mol. The fourth-order valence-electron chi connectivity index (χ4n) is 2.42. The van der Waals surface area contributed by atoms with Gasteiger partial charge in [-0.15, -0.1) is 10.2 Å². The van der Waals surface area contributed by atoms with Crippen molar-refractivity contribution in [3.05, 3.63) is 41.1 Å². The zero-order chi connectivity index (χ0) is 16.4. The summed E-state index contributed by atoms with van der Waals surface area (Å²) in [5.41, 5.74) is 9.74. The minimum Gasteiger partial charge on any atom is -0.497 e. The molecule has 2 atom stereocenters. The zero-order valence-electron chi connectivity index (χ0n) is 13.6. The lowest BCUT2D eigenvalue weighted by atomic mass is 10.00. The number of quaternary nitrogens is 1. The third-order valence-electron chi connectivity index (χ3n) is 4.22. The number of fused-ring (bicyclic) bond motifs is 1. The first-order chi connectivity index (χ1) is 11.1. The maximum atomic E-state index is 5.30. The monoisotopic (exact) mass is 332 g/mol. The molecule has 23 heavy (non-hydrogen) atoms. The van der Waals surface area contributed by atoms with Crippen molar-refractivity contribution in [1.29, 1.82) is 0 Å². The van der Waals surface area contributed by atoms with Gasteiger partial charge in [0.25, 0.3) is 0 Å². The van der Waals surface area contributed by atoms with E-state index < -0.39 is 0 Å². The molecule has 0 saturated carbocycles. The van der Waals surface area contributed by atoms with E-state index in [1.807, 2.05) is 34.3 Å². The van der Waals surface area contributed by atoms with Gasteiger partial charge in [0, 0.05) is 16.9 Å². The number of methoxy groups -OCH3 is 1. The quantitative estimate of drug-likeness (QED) is 0.878. The van der Waals surface area contributed by atoms with E-state index in [2.05, 4.69) is 35.2 Å². The smallest absolute Gasteiger partial charge is 0.214 e. The molecule has 2 aromatic rings. The molecule has 122 valence electrons. The van der Waals surface area contributed by atoms with E-state index in [9.17, 15) is 0 Å². The minimum atomic E-state index is 0.0963. The van der Waals surface area contributed by atoms with Crippen LogP contribution in [0, 0.1) is 5.92 Å². The molecule has 1 aliphatic heterocycles. The lowest BCUT2D eigenvalue weighted by molar-refractivity contribution is -0.442. The predicted molar refractivity (Wildman–Crippen MR) is 91.3 cm³/mol. The number of hydrogen-bond acceptors (Lipinski definition) is 5. The van der Waals surface area contributed by atoms with Crippen LogP contribution >= 0.6 is 11.8 Å². The summed E-state index contributed by atoms with van der Waals surface area (Å²) in [6, 6.07) is 8.06. The first-order valence-electron chi connectivity index (χ1n) is 7.70.